The van der Waals surface area contributed by atoms with Gasteiger partial charge in [0.2, 0.25) is 0 Å². The molecule has 1 aromatic heterocycles. The van der Waals surface area contributed by atoms with Gasteiger partial charge in [-0.1, -0.05) is 6.08 Å². The lowest BCUT2D eigenvalue weighted by Crippen LogP contribution is -2.23. The van der Waals surface area contributed by atoms with Crippen LogP contribution in [0, 0.1) is 13.8 Å². The predicted octanol–water partition coefficient (Wildman–Crippen LogP) is 2.16. The first-order valence-corrected chi connectivity index (χ1v) is 5.76. The van der Waals surface area contributed by atoms with Crippen molar-refractivity contribution < 1.29 is 4.79 Å². The van der Waals surface area contributed by atoms with Crippen molar-refractivity contribution in [2.45, 2.75) is 13.8 Å². The number of nitrogens with zero attached hydrogens (tertiary/aromatic N) is 2. The molecule has 4 nitrogen and oxygen atoms in total. The molecule has 0 radical (unpaired) electrons. The summed E-state index contributed by atoms with van der Waals surface area (Å²) in [6.07, 6.45) is 1.65. The van der Waals surface area contributed by atoms with E-state index < -0.39 is 0 Å². The van der Waals surface area contributed by atoms with Gasteiger partial charge in [-0.2, -0.15) is 0 Å². The van der Waals surface area contributed by atoms with Crippen LogP contribution in [0.2, 0.25) is 0 Å². The first-order valence-electron chi connectivity index (χ1n) is 5.76. The number of aromatic nitrogens is 2. The molecule has 0 aliphatic rings. The number of rotatable bonds is 3. The molecule has 1 N–H and O–H groups in total. The van der Waals surface area contributed by atoms with Crippen molar-refractivity contribution >= 4 is 16.9 Å². The molecule has 0 bridgehead atoms. The molecule has 1 aromatic carbocycles. The minimum atomic E-state index is -0.128. The van der Waals surface area contributed by atoms with Gasteiger partial charge < -0.3 is 5.32 Å². The van der Waals surface area contributed by atoms with E-state index in [0.29, 0.717) is 12.1 Å². The SMILES string of the molecule is C=CCNC(=O)c1ccc2nc(C)c(C)nc2c1. The van der Waals surface area contributed by atoms with Gasteiger partial charge in [-0.05, 0) is 32.0 Å². The van der Waals surface area contributed by atoms with Gasteiger partial charge in [0, 0.05) is 12.1 Å². The molecule has 1 heterocycles. The van der Waals surface area contributed by atoms with Crippen LogP contribution in [-0.2, 0) is 0 Å². The van der Waals surface area contributed by atoms with Crippen LogP contribution in [0.4, 0.5) is 0 Å². The van der Waals surface area contributed by atoms with Crippen molar-refractivity contribution in [2.24, 2.45) is 0 Å². The second-order valence-corrected chi connectivity index (χ2v) is 4.10. The van der Waals surface area contributed by atoms with E-state index in [1.807, 2.05) is 19.9 Å². The summed E-state index contributed by atoms with van der Waals surface area (Å²) >= 11 is 0. The lowest BCUT2D eigenvalue weighted by molar-refractivity contribution is 0.0958. The zero-order valence-electron chi connectivity index (χ0n) is 10.5. The lowest BCUT2D eigenvalue weighted by atomic mass is 10.1. The number of benzene rings is 1. The summed E-state index contributed by atoms with van der Waals surface area (Å²) in [4.78, 5) is 20.7. The number of aryl methyl sites for hydroxylation is 2. The molecule has 0 unspecified atom stereocenters. The van der Waals surface area contributed by atoms with Crippen LogP contribution in [0.5, 0.6) is 0 Å². The second kappa shape index (κ2) is 4.96. The van der Waals surface area contributed by atoms with Gasteiger partial charge in [0.05, 0.1) is 22.4 Å². The van der Waals surface area contributed by atoms with E-state index in [4.69, 9.17) is 0 Å². The van der Waals surface area contributed by atoms with Crippen LogP contribution in [0.25, 0.3) is 11.0 Å². The summed E-state index contributed by atoms with van der Waals surface area (Å²) < 4.78 is 0. The Morgan fingerprint density at radius 3 is 2.61 bits per heavy atom. The Bertz CT molecular complexity index is 620. The minimum Gasteiger partial charge on any atom is -0.349 e. The van der Waals surface area contributed by atoms with Gasteiger partial charge in [0.1, 0.15) is 0 Å². The van der Waals surface area contributed by atoms with Gasteiger partial charge in [0.15, 0.2) is 0 Å². The Balaban J connectivity index is 2.40. The maximum atomic E-state index is 11.8. The van der Waals surface area contributed by atoms with Crippen LogP contribution < -0.4 is 5.32 Å². The lowest BCUT2D eigenvalue weighted by Gasteiger charge is -2.05. The molecule has 0 spiro atoms. The number of fused-ring (bicyclic) bond motifs is 1. The Kier molecular flexibility index (Phi) is 3.37. The van der Waals surface area contributed by atoms with Crippen LogP contribution in [0.1, 0.15) is 21.7 Å². The predicted molar refractivity (Wildman–Crippen MR) is 71.5 cm³/mol. The molecule has 2 aromatic rings. The van der Waals surface area contributed by atoms with Gasteiger partial charge >= 0.3 is 0 Å². The first-order chi connectivity index (χ1) is 8.61. The summed E-state index contributed by atoms with van der Waals surface area (Å²) in [5.74, 6) is -0.128. The molecular formula is C14H15N3O. The Morgan fingerprint density at radius 1 is 1.28 bits per heavy atom. The number of nitrogens with one attached hydrogen (secondary N) is 1. The quantitative estimate of drug-likeness (QED) is 0.838. The molecule has 2 rings (SSSR count). The van der Waals surface area contributed by atoms with Gasteiger partial charge in [-0.3, -0.25) is 4.79 Å². The fourth-order valence-corrected chi connectivity index (χ4v) is 1.64. The number of amides is 1. The fraction of sp³-hybridized carbons (Fsp3) is 0.214. The average Bonchev–Trinajstić information content (AvgIpc) is 2.36. The molecule has 1 amide bonds. The summed E-state index contributed by atoms with van der Waals surface area (Å²) in [6.45, 7) is 7.85. The standard InChI is InChI=1S/C14H15N3O/c1-4-7-15-14(18)11-5-6-12-13(8-11)17-10(3)9(2)16-12/h4-6,8H,1,7H2,2-3H3,(H,15,18). The van der Waals surface area contributed by atoms with Gasteiger partial charge in [0.25, 0.3) is 5.91 Å². The Morgan fingerprint density at radius 2 is 1.94 bits per heavy atom. The summed E-state index contributed by atoms with van der Waals surface area (Å²) in [6, 6.07) is 5.33. The molecule has 18 heavy (non-hydrogen) atoms. The molecule has 0 atom stereocenters. The second-order valence-electron chi connectivity index (χ2n) is 4.10. The van der Waals surface area contributed by atoms with Crippen molar-refractivity contribution in [3.8, 4) is 0 Å². The summed E-state index contributed by atoms with van der Waals surface area (Å²) in [5, 5.41) is 2.73. The van der Waals surface area contributed by atoms with E-state index in [1.165, 1.54) is 0 Å². The first kappa shape index (κ1) is 12.2. The molecule has 0 fully saturated rings. The third-order valence-electron chi connectivity index (χ3n) is 2.74. The van der Waals surface area contributed by atoms with E-state index in [1.54, 1.807) is 18.2 Å². The average molecular weight is 241 g/mol. The van der Waals surface area contributed by atoms with E-state index in [9.17, 15) is 4.79 Å². The third kappa shape index (κ3) is 2.37. The highest BCUT2D eigenvalue weighted by Gasteiger charge is 2.07. The molecule has 0 saturated carbocycles. The highest BCUT2D eigenvalue weighted by molar-refractivity contribution is 5.97. The summed E-state index contributed by atoms with van der Waals surface area (Å²) in [5.41, 5.74) is 3.92. The third-order valence-corrected chi connectivity index (χ3v) is 2.74. The van der Waals surface area contributed by atoms with E-state index in [0.717, 1.165) is 22.4 Å². The minimum absolute atomic E-state index is 0.128. The molecule has 0 saturated heterocycles. The van der Waals surface area contributed by atoms with E-state index in [2.05, 4.69) is 21.9 Å². The Labute approximate surface area is 106 Å². The topological polar surface area (TPSA) is 54.9 Å². The van der Waals surface area contributed by atoms with Crippen molar-refractivity contribution in [2.75, 3.05) is 6.54 Å². The number of hydrogen-bond acceptors (Lipinski definition) is 3. The number of carbonyl (C=O) groups is 1. The zero-order chi connectivity index (χ0) is 13.1. The van der Waals surface area contributed by atoms with Crippen LogP contribution in [0.15, 0.2) is 30.9 Å². The zero-order valence-corrected chi connectivity index (χ0v) is 10.5. The van der Waals surface area contributed by atoms with E-state index >= 15 is 0 Å². The molecular weight excluding hydrogens is 226 g/mol. The smallest absolute Gasteiger partial charge is 0.251 e. The summed E-state index contributed by atoms with van der Waals surface area (Å²) in [7, 11) is 0. The molecule has 0 aliphatic carbocycles. The van der Waals surface area contributed by atoms with Crippen molar-refractivity contribution in [3.63, 3.8) is 0 Å². The number of carbonyl (C=O) groups excluding carboxylic acids is 1. The molecule has 4 heteroatoms. The molecule has 92 valence electrons. The normalized spacial score (nSPS) is 10.3. The van der Waals surface area contributed by atoms with Gasteiger partial charge in [-0.25, -0.2) is 9.97 Å². The number of hydrogen-bond donors (Lipinski definition) is 1. The van der Waals surface area contributed by atoms with E-state index in [-0.39, 0.29) is 5.91 Å². The highest BCUT2D eigenvalue weighted by Crippen LogP contribution is 2.14. The largest absolute Gasteiger partial charge is 0.349 e. The Hall–Kier alpha value is -2.23. The van der Waals surface area contributed by atoms with Crippen molar-refractivity contribution in [1.29, 1.82) is 0 Å². The van der Waals surface area contributed by atoms with Crippen LogP contribution in [-0.4, -0.2) is 22.4 Å². The highest BCUT2D eigenvalue weighted by atomic mass is 16.1. The van der Waals surface area contributed by atoms with Crippen molar-refractivity contribution in [3.05, 3.63) is 47.8 Å². The van der Waals surface area contributed by atoms with Crippen LogP contribution in [0.3, 0.4) is 0 Å². The van der Waals surface area contributed by atoms with Crippen LogP contribution >= 0.6 is 0 Å². The van der Waals surface area contributed by atoms with Crippen molar-refractivity contribution in [1.82, 2.24) is 15.3 Å². The molecule has 0 aliphatic heterocycles. The maximum Gasteiger partial charge on any atom is 0.251 e. The van der Waals surface area contributed by atoms with Gasteiger partial charge in [-0.15, -0.1) is 6.58 Å². The fourth-order valence-electron chi connectivity index (χ4n) is 1.64. The monoisotopic (exact) mass is 241 g/mol. The maximum absolute atomic E-state index is 11.8.